The van der Waals surface area contributed by atoms with E-state index in [-0.39, 0.29) is 11.7 Å². The van der Waals surface area contributed by atoms with Crippen LogP contribution >= 0.6 is 27.5 Å². The summed E-state index contributed by atoms with van der Waals surface area (Å²) >= 11 is 9.21. The minimum atomic E-state index is -0.358. The molecule has 1 N–H and O–H groups in total. The van der Waals surface area contributed by atoms with E-state index >= 15 is 0 Å². The van der Waals surface area contributed by atoms with Gasteiger partial charge in [-0.15, -0.1) is 11.6 Å². The Balaban J connectivity index is 1.94. The molecule has 1 aromatic carbocycles. The van der Waals surface area contributed by atoms with Gasteiger partial charge in [0.2, 0.25) is 0 Å². The predicted molar refractivity (Wildman–Crippen MR) is 82.6 cm³/mol. The number of rotatable bonds is 4. The summed E-state index contributed by atoms with van der Waals surface area (Å²) in [6, 6.07) is 4.09. The molecule has 1 saturated carbocycles. The Morgan fingerprint density at radius 2 is 2.05 bits per heavy atom. The van der Waals surface area contributed by atoms with Crippen molar-refractivity contribution < 1.29 is 9.18 Å². The second kappa shape index (κ2) is 7.41. The molecule has 1 amide bonds. The summed E-state index contributed by atoms with van der Waals surface area (Å²) in [5, 5.41) is 2.94. The number of halogens is 3. The van der Waals surface area contributed by atoms with E-state index in [2.05, 4.69) is 21.2 Å². The number of hydrogen-bond donors (Lipinski definition) is 1. The Morgan fingerprint density at radius 3 is 2.70 bits per heavy atom. The van der Waals surface area contributed by atoms with Crippen molar-refractivity contribution in [1.29, 1.82) is 0 Å². The van der Waals surface area contributed by atoms with Gasteiger partial charge in [0.15, 0.2) is 0 Å². The van der Waals surface area contributed by atoms with Gasteiger partial charge in [0.25, 0.3) is 5.91 Å². The molecule has 1 aliphatic rings. The molecule has 110 valence electrons. The summed E-state index contributed by atoms with van der Waals surface area (Å²) in [4.78, 5) is 12.1. The molecule has 0 heterocycles. The Bertz CT molecular complexity index is 483. The summed E-state index contributed by atoms with van der Waals surface area (Å²) in [5.74, 6) is 1.06. The van der Waals surface area contributed by atoms with Crippen LogP contribution in [0.5, 0.6) is 0 Å². The lowest BCUT2D eigenvalue weighted by molar-refractivity contribution is 0.0936. The molecular weight excluding hydrogens is 345 g/mol. The molecule has 2 rings (SSSR count). The molecule has 5 heteroatoms. The average Bonchev–Trinajstić information content (AvgIpc) is 2.45. The molecule has 1 aromatic rings. The fourth-order valence-electron chi connectivity index (χ4n) is 2.75. The largest absolute Gasteiger partial charge is 0.352 e. The van der Waals surface area contributed by atoms with Gasteiger partial charge in [0, 0.05) is 16.9 Å². The highest BCUT2D eigenvalue weighted by Gasteiger charge is 2.25. The van der Waals surface area contributed by atoms with Gasteiger partial charge < -0.3 is 5.32 Å². The zero-order valence-corrected chi connectivity index (χ0v) is 13.5. The van der Waals surface area contributed by atoms with Crippen LogP contribution in [-0.2, 0) is 0 Å². The van der Waals surface area contributed by atoms with Crippen LogP contribution in [0.25, 0.3) is 0 Å². The van der Waals surface area contributed by atoms with Crippen molar-refractivity contribution in [3.8, 4) is 0 Å². The van der Waals surface area contributed by atoms with E-state index in [1.54, 1.807) is 0 Å². The van der Waals surface area contributed by atoms with Gasteiger partial charge >= 0.3 is 0 Å². The first kappa shape index (κ1) is 15.8. The van der Waals surface area contributed by atoms with Crippen LogP contribution in [-0.4, -0.2) is 18.3 Å². The first-order chi connectivity index (χ1) is 9.61. The third-order valence-corrected chi connectivity index (χ3v) is 5.02. The van der Waals surface area contributed by atoms with Crippen molar-refractivity contribution in [2.75, 3.05) is 12.4 Å². The maximum absolute atomic E-state index is 13.0. The second-order valence-electron chi connectivity index (χ2n) is 5.29. The maximum atomic E-state index is 13.0. The molecule has 0 saturated heterocycles. The SMILES string of the molecule is O=C(NCC1CCCCC1CCl)c1ccc(F)cc1Br. The molecule has 2 unspecified atom stereocenters. The lowest BCUT2D eigenvalue weighted by atomic mass is 9.80. The predicted octanol–water partition coefficient (Wildman–Crippen LogP) is 4.36. The number of alkyl halides is 1. The van der Waals surface area contributed by atoms with Gasteiger partial charge in [-0.05, 0) is 58.8 Å². The monoisotopic (exact) mass is 361 g/mol. The highest BCUT2D eigenvalue weighted by molar-refractivity contribution is 9.10. The molecule has 1 fully saturated rings. The Hall–Kier alpha value is -0.610. The van der Waals surface area contributed by atoms with Gasteiger partial charge in [0.1, 0.15) is 5.82 Å². The van der Waals surface area contributed by atoms with Crippen LogP contribution in [0.3, 0.4) is 0 Å². The standard InChI is InChI=1S/C15H18BrClFNO/c16-14-7-12(18)5-6-13(14)15(20)19-9-11-4-2-1-3-10(11)8-17/h5-7,10-11H,1-4,8-9H2,(H,19,20). The van der Waals surface area contributed by atoms with Crippen LogP contribution in [0.4, 0.5) is 4.39 Å². The van der Waals surface area contributed by atoms with E-state index in [1.165, 1.54) is 31.0 Å². The van der Waals surface area contributed by atoms with Crippen LogP contribution in [0.2, 0.25) is 0 Å². The van der Waals surface area contributed by atoms with Gasteiger partial charge in [0.05, 0.1) is 5.56 Å². The van der Waals surface area contributed by atoms with Crippen LogP contribution in [0.1, 0.15) is 36.0 Å². The second-order valence-corrected chi connectivity index (χ2v) is 6.46. The normalized spacial score (nSPS) is 22.6. The topological polar surface area (TPSA) is 29.1 Å². The number of nitrogens with one attached hydrogen (secondary N) is 1. The molecule has 2 nitrogen and oxygen atoms in total. The molecular formula is C15H18BrClFNO. The zero-order chi connectivity index (χ0) is 14.5. The van der Waals surface area contributed by atoms with Crippen LogP contribution in [0, 0.1) is 17.7 Å². The molecule has 0 radical (unpaired) electrons. The first-order valence-corrected chi connectivity index (χ1v) is 8.23. The van der Waals surface area contributed by atoms with Crippen molar-refractivity contribution in [2.24, 2.45) is 11.8 Å². The fourth-order valence-corrected chi connectivity index (χ4v) is 3.69. The van der Waals surface area contributed by atoms with Gasteiger partial charge in [-0.2, -0.15) is 0 Å². The molecule has 0 aromatic heterocycles. The highest BCUT2D eigenvalue weighted by atomic mass is 79.9. The van der Waals surface area contributed by atoms with E-state index < -0.39 is 0 Å². The third kappa shape index (κ3) is 3.95. The van der Waals surface area contributed by atoms with E-state index in [4.69, 9.17) is 11.6 Å². The Morgan fingerprint density at radius 1 is 1.35 bits per heavy atom. The van der Waals surface area contributed by atoms with Crippen molar-refractivity contribution in [3.63, 3.8) is 0 Å². The summed E-state index contributed by atoms with van der Waals surface area (Å²) in [5.41, 5.74) is 0.463. The molecule has 1 aliphatic carbocycles. The minimum Gasteiger partial charge on any atom is -0.352 e. The Labute approximate surface area is 132 Å². The van der Waals surface area contributed by atoms with Gasteiger partial charge in [-0.3, -0.25) is 4.79 Å². The number of carbonyl (C=O) groups excluding carboxylic acids is 1. The molecule has 0 bridgehead atoms. The van der Waals surface area contributed by atoms with Crippen LogP contribution in [0.15, 0.2) is 22.7 Å². The highest BCUT2D eigenvalue weighted by Crippen LogP contribution is 2.30. The summed E-state index contributed by atoms with van der Waals surface area (Å²) < 4.78 is 13.5. The van der Waals surface area contributed by atoms with Crippen LogP contribution < -0.4 is 5.32 Å². The zero-order valence-electron chi connectivity index (χ0n) is 11.2. The van der Waals surface area contributed by atoms with E-state index in [9.17, 15) is 9.18 Å². The summed E-state index contributed by atoms with van der Waals surface area (Å²) in [6.07, 6.45) is 4.69. The third-order valence-electron chi connectivity index (χ3n) is 3.97. The van der Waals surface area contributed by atoms with Crippen molar-refractivity contribution in [3.05, 3.63) is 34.1 Å². The van der Waals surface area contributed by atoms with Gasteiger partial charge in [-0.1, -0.05) is 12.8 Å². The van der Waals surface area contributed by atoms with E-state index in [0.29, 0.717) is 34.3 Å². The first-order valence-electron chi connectivity index (χ1n) is 6.91. The van der Waals surface area contributed by atoms with E-state index in [0.717, 1.165) is 12.8 Å². The van der Waals surface area contributed by atoms with Crippen molar-refractivity contribution in [1.82, 2.24) is 5.32 Å². The molecule has 20 heavy (non-hydrogen) atoms. The van der Waals surface area contributed by atoms with Gasteiger partial charge in [-0.25, -0.2) is 4.39 Å². The van der Waals surface area contributed by atoms with Crippen molar-refractivity contribution >= 4 is 33.4 Å². The summed E-state index contributed by atoms with van der Waals surface area (Å²) in [7, 11) is 0. The molecule has 0 spiro atoms. The van der Waals surface area contributed by atoms with E-state index in [1.807, 2.05) is 0 Å². The number of carbonyl (C=O) groups is 1. The molecule has 0 aliphatic heterocycles. The lowest BCUT2D eigenvalue weighted by Gasteiger charge is -2.30. The number of hydrogen-bond acceptors (Lipinski definition) is 1. The quantitative estimate of drug-likeness (QED) is 0.792. The molecule has 2 atom stereocenters. The van der Waals surface area contributed by atoms with Crippen molar-refractivity contribution in [2.45, 2.75) is 25.7 Å². The minimum absolute atomic E-state index is 0.171. The summed E-state index contributed by atoms with van der Waals surface area (Å²) in [6.45, 7) is 0.639. The number of amides is 1. The number of benzene rings is 1. The average molecular weight is 363 g/mol. The maximum Gasteiger partial charge on any atom is 0.252 e. The fraction of sp³-hybridized carbons (Fsp3) is 0.533. The lowest BCUT2D eigenvalue weighted by Crippen LogP contribution is -2.35. The Kier molecular flexibility index (Phi) is 5.85. The smallest absolute Gasteiger partial charge is 0.252 e.